The Labute approximate surface area is 297 Å². The van der Waals surface area contributed by atoms with Crippen LogP contribution in [0.5, 0.6) is 11.5 Å². The van der Waals surface area contributed by atoms with Crippen LogP contribution in [0.15, 0.2) is 113 Å². The fraction of sp³-hybridized carbons (Fsp3) is 0.250. The summed E-state index contributed by atoms with van der Waals surface area (Å²) in [7, 11) is 1.46. The maximum absolute atomic E-state index is 15.2. The number of nitrogens with one attached hydrogen (secondary N) is 1. The number of amides is 4. The number of benzene rings is 4. The minimum absolute atomic E-state index is 0.0650. The summed E-state index contributed by atoms with van der Waals surface area (Å²) >= 11 is 3.43. The van der Waals surface area contributed by atoms with Crippen molar-refractivity contribution in [3.05, 3.63) is 130 Å². The van der Waals surface area contributed by atoms with Crippen molar-refractivity contribution in [1.82, 2.24) is 5.01 Å². The van der Waals surface area contributed by atoms with Gasteiger partial charge >= 0.3 is 0 Å². The zero-order valence-corrected chi connectivity index (χ0v) is 29.0. The number of carbonyl (C=O) groups is 4. The highest BCUT2D eigenvalue weighted by Gasteiger charge is 2.70. The number of phenols is 1. The van der Waals surface area contributed by atoms with Crippen molar-refractivity contribution < 1.29 is 29.0 Å². The molecule has 2 aliphatic carbocycles. The van der Waals surface area contributed by atoms with E-state index in [2.05, 4.69) is 21.4 Å². The predicted molar refractivity (Wildman–Crippen MR) is 190 cm³/mol. The number of rotatable bonds is 6. The number of fused-ring (bicyclic) bond motifs is 4. The number of ether oxygens (including phenoxy) is 1. The molecular weight excluding hydrogens is 698 g/mol. The lowest BCUT2D eigenvalue weighted by molar-refractivity contribution is -0.138. The third-order valence-corrected chi connectivity index (χ3v) is 11.5. The fourth-order valence-corrected chi connectivity index (χ4v) is 9.10. The Balaban J connectivity index is 1.32. The van der Waals surface area contributed by atoms with E-state index >= 15 is 4.79 Å². The van der Waals surface area contributed by atoms with Crippen LogP contribution in [0.2, 0.25) is 0 Å². The summed E-state index contributed by atoms with van der Waals surface area (Å²) in [6.45, 7) is 1.96. The Morgan fingerprint density at radius 1 is 0.860 bits per heavy atom. The van der Waals surface area contributed by atoms with Gasteiger partial charge in [-0.25, -0.2) is 0 Å². The molecule has 2 N–H and O–H groups in total. The van der Waals surface area contributed by atoms with E-state index in [1.807, 2.05) is 67.6 Å². The van der Waals surface area contributed by atoms with Crippen LogP contribution < -0.4 is 15.1 Å². The quantitative estimate of drug-likeness (QED) is 0.168. The minimum atomic E-state index is -1.41. The summed E-state index contributed by atoms with van der Waals surface area (Å²) in [5.74, 6) is -4.68. The highest BCUT2D eigenvalue weighted by atomic mass is 79.9. The monoisotopic (exact) mass is 731 g/mol. The van der Waals surface area contributed by atoms with E-state index in [1.54, 1.807) is 36.4 Å². The van der Waals surface area contributed by atoms with E-state index in [4.69, 9.17) is 4.74 Å². The fourth-order valence-electron chi connectivity index (χ4n) is 8.84. The Morgan fingerprint density at radius 2 is 1.58 bits per heavy atom. The van der Waals surface area contributed by atoms with Crippen molar-refractivity contribution in [3.8, 4) is 11.5 Å². The highest BCUT2D eigenvalue weighted by molar-refractivity contribution is 9.10. The molecule has 3 fully saturated rings. The smallest absolute Gasteiger partial charge is 0.260 e. The number of phenolic OH excluding ortho intramolecular Hbond substituents is 1. The molecule has 1 saturated carbocycles. The molecule has 0 aromatic heterocycles. The summed E-state index contributed by atoms with van der Waals surface area (Å²) in [5, 5.41) is 11.8. The SMILES string of the molecule is COc1cc([C@H]2C3=CC[C@@H]4C(=O)N(c5ccc(Br)cc5)C(=O)[C@@H]4[C@@H]3C[C@H]3C(=O)N(Nc4ccc(C)cc4)C(=O)[C@@]23c2ccccc2)ccc1O. The number of aryl methyl sites for hydroxylation is 1. The van der Waals surface area contributed by atoms with Gasteiger partial charge < -0.3 is 9.84 Å². The lowest BCUT2D eigenvalue weighted by Gasteiger charge is -2.50. The van der Waals surface area contributed by atoms with Gasteiger partial charge in [-0.2, -0.15) is 5.01 Å². The zero-order chi connectivity index (χ0) is 34.9. The molecule has 0 radical (unpaired) electrons. The van der Waals surface area contributed by atoms with Crippen LogP contribution in [0.3, 0.4) is 0 Å². The van der Waals surface area contributed by atoms with E-state index in [1.165, 1.54) is 18.1 Å². The summed E-state index contributed by atoms with van der Waals surface area (Å²) < 4.78 is 6.36. The van der Waals surface area contributed by atoms with E-state index in [0.717, 1.165) is 20.6 Å². The molecular formula is C40H34BrN3O6. The van der Waals surface area contributed by atoms with Crippen LogP contribution in [-0.4, -0.2) is 40.9 Å². The number of carbonyl (C=O) groups excluding carboxylic acids is 4. The van der Waals surface area contributed by atoms with Gasteiger partial charge in [0, 0.05) is 10.4 Å². The Hall–Kier alpha value is -5.22. The summed E-state index contributed by atoms with van der Waals surface area (Å²) in [6.07, 6.45) is 2.51. The molecule has 2 heterocycles. The normalized spacial score (nSPS) is 27.1. The number of hydrogen-bond donors (Lipinski definition) is 2. The molecule has 0 unspecified atom stereocenters. The third kappa shape index (κ3) is 4.65. The Morgan fingerprint density at radius 3 is 2.28 bits per heavy atom. The molecule has 4 amide bonds. The van der Waals surface area contributed by atoms with Gasteiger partial charge in [0.1, 0.15) is 0 Å². The zero-order valence-electron chi connectivity index (χ0n) is 27.4. The molecule has 4 aromatic rings. The van der Waals surface area contributed by atoms with Crippen LogP contribution in [0.4, 0.5) is 11.4 Å². The molecule has 8 rings (SSSR count). The van der Waals surface area contributed by atoms with Gasteiger partial charge in [0.05, 0.1) is 41.7 Å². The molecule has 50 heavy (non-hydrogen) atoms. The molecule has 0 bridgehead atoms. The average molecular weight is 733 g/mol. The number of allylic oxidation sites excluding steroid dienone is 2. The highest BCUT2D eigenvalue weighted by Crippen LogP contribution is 2.64. The van der Waals surface area contributed by atoms with Gasteiger partial charge in [-0.1, -0.05) is 81.7 Å². The molecule has 9 nitrogen and oxygen atoms in total. The number of aromatic hydroxyl groups is 1. The van der Waals surface area contributed by atoms with Crippen LogP contribution in [-0.2, 0) is 24.6 Å². The maximum Gasteiger partial charge on any atom is 0.260 e. The van der Waals surface area contributed by atoms with E-state index in [-0.39, 0.29) is 29.7 Å². The van der Waals surface area contributed by atoms with Crippen molar-refractivity contribution in [1.29, 1.82) is 0 Å². The largest absolute Gasteiger partial charge is 0.504 e. The Bertz CT molecular complexity index is 2080. The van der Waals surface area contributed by atoms with Gasteiger partial charge in [0.15, 0.2) is 11.5 Å². The number of nitrogens with zero attached hydrogens (tertiary/aromatic N) is 2. The van der Waals surface area contributed by atoms with Crippen molar-refractivity contribution in [2.24, 2.45) is 23.7 Å². The second kappa shape index (κ2) is 12.0. The summed E-state index contributed by atoms with van der Waals surface area (Å²) in [6, 6.07) is 28.8. The average Bonchev–Trinajstić information content (AvgIpc) is 3.51. The van der Waals surface area contributed by atoms with Gasteiger partial charge in [-0.15, -0.1) is 0 Å². The number of methoxy groups -OCH3 is 1. The van der Waals surface area contributed by atoms with Crippen molar-refractivity contribution in [2.45, 2.75) is 31.1 Å². The Kier molecular flexibility index (Phi) is 7.67. The first-order valence-electron chi connectivity index (χ1n) is 16.6. The van der Waals surface area contributed by atoms with Gasteiger partial charge in [0.2, 0.25) is 11.8 Å². The second-order valence-corrected chi connectivity index (χ2v) is 14.4. The van der Waals surface area contributed by atoms with Crippen LogP contribution in [0.1, 0.15) is 35.4 Å². The van der Waals surface area contributed by atoms with Gasteiger partial charge in [0.25, 0.3) is 11.8 Å². The molecule has 2 aliphatic heterocycles. The lowest BCUT2D eigenvalue weighted by atomic mass is 9.49. The van der Waals surface area contributed by atoms with E-state index in [0.29, 0.717) is 28.9 Å². The molecule has 6 atom stereocenters. The molecule has 4 aliphatic rings. The standard InChI is InChI=1S/C40H34BrN3O6/c1-22-8-13-26(14-9-22)42-44-37(47)31-21-30-28(17-18-29-34(30)38(48)43(36(29)46)27-15-11-25(41)12-16-27)35(23-10-19-32(45)33(20-23)50-2)40(31,39(44)49)24-6-4-3-5-7-24/h3-17,19-20,29-31,34-35,42,45H,18,21H2,1-2H3/t29-,30+,31-,34-,35-,40+/m0/s1. The first-order valence-corrected chi connectivity index (χ1v) is 17.4. The topological polar surface area (TPSA) is 116 Å². The number of hydrogen-bond acceptors (Lipinski definition) is 7. The molecule has 252 valence electrons. The van der Waals surface area contributed by atoms with E-state index < -0.39 is 46.8 Å². The maximum atomic E-state index is 15.2. The number of imide groups is 2. The predicted octanol–water partition coefficient (Wildman–Crippen LogP) is 6.66. The minimum Gasteiger partial charge on any atom is -0.504 e. The van der Waals surface area contributed by atoms with Gasteiger partial charge in [-0.05, 0) is 85.3 Å². The lowest BCUT2D eigenvalue weighted by Crippen LogP contribution is -2.53. The number of halogens is 1. The van der Waals surface area contributed by atoms with Crippen molar-refractivity contribution in [3.63, 3.8) is 0 Å². The molecule has 2 saturated heterocycles. The van der Waals surface area contributed by atoms with Crippen LogP contribution in [0.25, 0.3) is 0 Å². The number of anilines is 2. The second-order valence-electron chi connectivity index (χ2n) is 13.5. The van der Waals surface area contributed by atoms with Crippen molar-refractivity contribution >= 4 is 50.9 Å². The van der Waals surface area contributed by atoms with Crippen molar-refractivity contribution in [2.75, 3.05) is 17.4 Å². The molecule has 0 spiro atoms. The first-order chi connectivity index (χ1) is 24.1. The van der Waals surface area contributed by atoms with E-state index in [9.17, 15) is 19.5 Å². The van der Waals surface area contributed by atoms with Crippen LogP contribution >= 0.6 is 15.9 Å². The third-order valence-electron chi connectivity index (χ3n) is 11.0. The first kappa shape index (κ1) is 32.0. The number of hydrazine groups is 1. The molecule has 4 aromatic carbocycles. The molecule has 10 heteroatoms. The van der Waals surface area contributed by atoms with Gasteiger partial charge in [-0.3, -0.25) is 29.5 Å². The summed E-state index contributed by atoms with van der Waals surface area (Å²) in [4.78, 5) is 59.7. The van der Waals surface area contributed by atoms with Crippen LogP contribution in [0, 0.1) is 30.6 Å². The summed E-state index contributed by atoms with van der Waals surface area (Å²) in [5.41, 5.74) is 5.97.